The Morgan fingerprint density at radius 1 is 0.667 bits per heavy atom. The van der Waals surface area contributed by atoms with E-state index in [1.165, 1.54) is 0 Å². The van der Waals surface area contributed by atoms with Crippen LogP contribution in [0.1, 0.15) is 83.1 Å². The molecule has 0 heterocycles. The van der Waals surface area contributed by atoms with Gasteiger partial charge in [0.05, 0.1) is 0 Å². The average molecular weight is 301 g/mol. The van der Waals surface area contributed by atoms with Gasteiger partial charge in [0.1, 0.15) is 0 Å². The first-order valence-corrected chi connectivity index (χ1v) is 8.30. The van der Waals surface area contributed by atoms with Crippen molar-refractivity contribution in [1.82, 2.24) is 10.2 Å². The van der Waals surface area contributed by atoms with Crippen LogP contribution < -0.4 is 5.32 Å². The number of nitrogens with zero attached hydrogens (tertiary/aromatic N) is 1. The van der Waals surface area contributed by atoms with Crippen LogP contribution in [0.25, 0.3) is 0 Å². The van der Waals surface area contributed by atoms with Gasteiger partial charge in [0.15, 0.2) is 0 Å². The molecule has 0 rings (SSSR count). The van der Waals surface area contributed by atoms with Crippen LogP contribution in [0.4, 0.5) is 0 Å². The zero-order valence-corrected chi connectivity index (χ0v) is 17.4. The third-order valence-corrected chi connectivity index (χ3v) is 3.01. The summed E-state index contributed by atoms with van der Waals surface area (Å²) in [6.07, 6.45) is 0. The van der Waals surface area contributed by atoms with Crippen LogP contribution in [0.15, 0.2) is 0 Å². The van der Waals surface area contributed by atoms with Crippen LogP contribution in [-0.4, -0.2) is 36.1 Å². The highest BCUT2D eigenvalue weighted by molar-refractivity contribution is 4.77. The molecule has 0 bridgehead atoms. The van der Waals surface area contributed by atoms with E-state index in [1.54, 1.807) is 0 Å². The van der Waals surface area contributed by atoms with E-state index in [2.05, 4.69) is 100 Å². The summed E-state index contributed by atoms with van der Waals surface area (Å²) in [4.78, 5) is 2.40. The molecular weight excluding hydrogens is 256 g/mol. The van der Waals surface area contributed by atoms with Crippen molar-refractivity contribution in [3.63, 3.8) is 0 Å². The van der Waals surface area contributed by atoms with E-state index in [1.807, 2.05) is 0 Å². The Bertz CT molecular complexity index is 252. The highest BCUT2D eigenvalue weighted by Gasteiger charge is 2.22. The topological polar surface area (TPSA) is 15.3 Å². The molecule has 0 aliphatic rings. The molecule has 0 fully saturated rings. The Balaban J connectivity index is 0. The lowest BCUT2D eigenvalue weighted by atomic mass is 9.94. The van der Waals surface area contributed by atoms with E-state index >= 15 is 0 Å². The van der Waals surface area contributed by atoms with E-state index in [0.29, 0.717) is 16.4 Å². The SMILES string of the molecule is CC(C)(C)CNC(C)(C)C.CN(CC(C)(C)C)C(C)(C)C. The van der Waals surface area contributed by atoms with Gasteiger partial charge in [-0.3, -0.25) is 0 Å². The minimum absolute atomic E-state index is 0.257. The molecule has 0 radical (unpaired) electrons. The predicted octanol–water partition coefficient (Wildman–Crippen LogP) is 5.18. The Hall–Kier alpha value is -0.0800. The minimum atomic E-state index is 0.257. The number of hydrogen-bond donors (Lipinski definition) is 1. The zero-order chi connectivity index (χ0) is 17.7. The molecule has 0 amide bonds. The second kappa shape index (κ2) is 7.97. The van der Waals surface area contributed by atoms with Gasteiger partial charge in [-0.15, -0.1) is 0 Å². The molecule has 2 heteroatoms. The summed E-state index contributed by atoms with van der Waals surface area (Å²) < 4.78 is 0. The Morgan fingerprint density at radius 2 is 1.05 bits per heavy atom. The fraction of sp³-hybridized carbons (Fsp3) is 1.00. The second-order valence-electron chi connectivity index (χ2n) is 10.8. The van der Waals surface area contributed by atoms with E-state index in [0.717, 1.165) is 13.1 Å². The van der Waals surface area contributed by atoms with Gasteiger partial charge >= 0.3 is 0 Å². The van der Waals surface area contributed by atoms with E-state index < -0.39 is 0 Å². The number of rotatable bonds is 2. The molecule has 0 aliphatic heterocycles. The first kappa shape index (κ1) is 23.2. The van der Waals surface area contributed by atoms with E-state index in [9.17, 15) is 0 Å². The van der Waals surface area contributed by atoms with E-state index in [-0.39, 0.29) is 5.54 Å². The summed E-state index contributed by atoms with van der Waals surface area (Å²) >= 11 is 0. The normalized spacial score (nSPS) is 14.0. The van der Waals surface area contributed by atoms with Gasteiger partial charge in [0, 0.05) is 24.2 Å². The Morgan fingerprint density at radius 3 is 1.14 bits per heavy atom. The van der Waals surface area contributed by atoms with Crippen LogP contribution in [0.3, 0.4) is 0 Å². The maximum Gasteiger partial charge on any atom is 0.0122 e. The molecule has 0 atom stereocenters. The first-order chi connectivity index (χ1) is 8.83. The van der Waals surface area contributed by atoms with Crippen molar-refractivity contribution in [2.75, 3.05) is 20.1 Å². The van der Waals surface area contributed by atoms with Gasteiger partial charge < -0.3 is 10.2 Å². The summed E-state index contributed by atoms with van der Waals surface area (Å²) in [6, 6.07) is 0. The lowest BCUT2D eigenvalue weighted by Gasteiger charge is -2.36. The predicted molar refractivity (Wildman–Crippen MR) is 99.0 cm³/mol. The van der Waals surface area contributed by atoms with Crippen molar-refractivity contribution in [2.45, 2.75) is 94.2 Å². The Kier molecular flexibility index (Phi) is 8.80. The monoisotopic (exact) mass is 300 g/mol. The third-order valence-electron chi connectivity index (χ3n) is 3.01. The van der Waals surface area contributed by atoms with Crippen LogP contribution in [0.2, 0.25) is 0 Å². The zero-order valence-electron chi connectivity index (χ0n) is 17.4. The lowest BCUT2D eigenvalue weighted by molar-refractivity contribution is 0.123. The molecular formula is C19H44N2. The molecule has 0 aromatic heterocycles. The summed E-state index contributed by atoms with van der Waals surface area (Å²) in [7, 11) is 2.19. The van der Waals surface area contributed by atoms with Gasteiger partial charge in [0.2, 0.25) is 0 Å². The molecule has 0 spiro atoms. The van der Waals surface area contributed by atoms with Crippen LogP contribution in [0, 0.1) is 10.8 Å². The minimum Gasteiger partial charge on any atom is -0.312 e. The standard InChI is InChI=1S/C10H23N.C9H21N/c1-9(2,3)8-11(7)10(4,5)6;1-8(2,3)7-10-9(4,5)6/h8H2,1-7H3;10H,7H2,1-6H3. The molecule has 2 nitrogen and oxygen atoms in total. The third kappa shape index (κ3) is 19.9. The maximum atomic E-state index is 3.46. The first-order valence-electron chi connectivity index (χ1n) is 8.30. The van der Waals surface area contributed by atoms with Crippen molar-refractivity contribution < 1.29 is 0 Å². The van der Waals surface area contributed by atoms with Crippen molar-refractivity contribution in [1.29, 1.82) is 0 Å². The van der Waals surface area contributed by atoms with Gasteiger partial charge in [-0.25, -0.2) is 0 Å². The maximum absolute atomic E-state index is 3.46. The average Bonchev–Trinajstić information content (AvgIpc) is 2.09. The fourth-order valence-corrected chi connectivity index (χ4v) is 1.48. The van der Waals surface area contributed by atoms with E-state index in [4.69, 9.17) is 0 Å². The largest absolute Gasteiger partial charge is 0.312 e. The molecule has 130 valence electrons. The smallest absolute Gasteiger partial charge is 0.0122 e. The van der Waals surface area contributed by atoms with Crippen molar-refractivity contribution in [2.24, 2.45) is 10.8 Å². The molecule has 0 saturated carbocycles. The van der Waals surface area contributed by atoms with Gasteiger partial charge in [-0.2, -0.15) is 0 Å². The van der Waals surface area contributed by atoms with Crippen LogP contribution in [-0.2, 0) is 0 Å². The van der Waals surface area contributed by atoms with Crippen molar-refractivity contribution in [3.05, 3.63) is 0 Å². The number of hydrogen-bond acceptors (Lipinski definition) is 2. The second-order valence-corrected chi connectivity index (χ2v) is 10.8. The molecule has 0 saturated heterocycles. The molecule has 0 aliphatic carbocycles. The van der Waals surface area contributed by atoms with Gasteiger partial charge in [-0.1, -0.05) is 41.5 Å². The van der Waals surface area contributed by atoms with Crippen LogP contribution >= 0.6 is 0 Å². The lowest BCUT2D eigenvalue weighted by Crippen LogP contribution is -2.42. The van der Waals surface area contributed by atoms with Crippen molar-refractivity contribution >= 4 is 0 Å². The highest BCUT2D eigenvalue weighted by Crippen LogP contribution is 2.19. The van der Waals surface area contributed by atoms with Gasteiger partial charge in [0.25, 0.3) is 0 Å². The van der Waals surface area contributed by atoms with Gasteiger partial charge in [-0.05, 0) is 59.4 Å². The Labute approximate surface area is 136 Å². The van der Waals surface area contributed by atoms with Crippen LogP contribution in [0.5, 0.6) is 0 Å². The summed E-state index contributed by atoms with van der Waals surface area (Å²) in [5.41, 5.74) is 1.36. The molecule has 21 heavy (non-hydrogen) atoms. The molecule has 0 aromatic rings. The summed E-state index contributed by atoms with van der Waals surface area (Å²) in [5, 5.41) is 3.46. The summed E-state index contributed by atoms with van der Waals surface area (Å²) in [5.74, 6) is 0. The quantitative estimate of drug-likeness (QED) is 0.755. The molecule has 0 aromatic carbocycles. The highest BCUT2D eigenvalue weighted by atomic mass is 15.2. The fourth-order valence-electron chi connectivity index (χ4n) is 1.48. The summed E-state index contributed by atoms with van der Waals surface area (Å²) in [6.45, 7) is 29.1. The van der Waals surface area contributed by atoms with Crippen molar-refractivity contribution in [3.8, 4) is 0 Å². The molecule has 1 N–H and O–H groups in total. The number of nitrogens with one attached hydrogen (secondary N) is 1. The molecule has 0 unspecified atom stereocenters.